The first-order chi connectivity index (χ1) is 8.20. The summed E-state index contributed by atoms with van der Waals surface area (Å²) in [5, 5.41) is 4.05. The first kappa shape index (κ1) is 13.7. The number of unbranched alkanes of at least 4 members (excludes halogenated alkanes) is 2. The Kier molecular flexibility index (Phi) is 5.73. The van der Waals surface area contributed by atoms with Crippen LogP contribution in [0.15, 0.2) is 12.3 Å². The number of amides is 1. The molecule has 1 heterocycles. The monoisotopic (exact) mass is 237 g/mol. The van der Waals surface area contributed by atoms with Crippen molar-refractivity contribution in [3.63, 3.8) is 0 Å². The van der Waals surface area contributed by atoms with Crippen LogP contribution in [0.2, 0.25) is 0 Å². The molecule has 0 aliphatic rings. The normalized spacial score (nSPS) is 10.5. The zero-order chi connectivity index (χ0) is 12.7. The number of aromatic nitrogens is 2. The molecule has 0 atom stereocenters. The van der Waals surface area contributed by atoms with Crippen LogP contribution in [0.3, 0.4) is 0 Å². The summed E-state index contributed by atoms with van der Waals surface area (Å²) in [5.41, 5.74) is 0.678. The highest BCUT2D eigenvalue weighted by molar-refractivity contribution is 5.92. The van der Waals surface area contributed by atoms with Gasteiger partial charge in [-0.2, -0.15) is 5.10 Å². The molecule has 0 unspecified atom stereocenters. The lowest BCUT2D eigenvalue weighted by atomic mass is 10.2. The third-order valence-corrected chi connectivity index (χ3v) is 2.89. The molecule has 17 heavy (non-hydrogen) atoms. The average molecular weight is 237 g/mol. The number of rotatable bonds is 7. The van der Waals surface area contributed by atoms with Crippen molar-refractivity contribution in [1.29, 1.82) is 0 Å². The Morgan fingerprint density at radius 3 is 2.29 bits per heavy atom. The molecule has 0 saturated heterocycles. The Morgan fingerprint density at radius 2 is 1.88 bits per heavy atom. The van der Waals surface area contributed by atoms with Crippen molar-refractivity contribution >= 4 is 5.91 Å². The quantitative estimate of drug-likeness (QED) is 0.730. The molecule has 1 rings (SSSR count). The van der Waals surface area contributed by atoms with Crippen LogP contribution in [0.1, 0.15) is 50.0 Å². The first-order valence-electron chi connectivity index (χ1n) is 6.48. The highest BCUT2D eigenvalue weighted by Gasteiger charge is 2.17. The van der Waals surface area contributed by atoms with Crippen molar-refractivity contribution in [2.75, 3.05) is 13.1 Å². The highest BCUT2D eigenvalue weighted by atomic mass is 16.2. The minimum absolute atomic E-state index is 0.104. The van der Waals surface area contributed by atoms with Gasteiger partial charge in [0, 0.05) is 26.3 Å². The predicted octanol–water partition coefficient (Wildman–Crippen LogP) is 2.46. The van der Waals surface area contributed by atoms with Crippen molar-refractivity contribution < 1.29 is 4.79 Å². The Hall–Kier alpha value is -1.32. The summed E-state index contributed by atoms with van der Waals surface area (Å²) in [6.45, 7) is 5.99. The van der Waals surface area contributed by atoms with E-state index in [4.69, 9.17) is 0 Å². The molecule has 1 aromatic rings. The topological polar surface area (TPSA) is 38.1 Å². The van der Waals surface area contributed by atoms with Crippen LogP contribution in [0, 0.1) is 0 Å². The molecule has 0 bridgehead atoms. The van der Waals surface area contributed by atoms with Crippen LogP contribution >= 0.6 is 0 Å². The van der Waals surface area contributed by atoms with Crippen LogP contribution in [-0.4, -0.2) is 33.7 Å². The third-order valence-electron chi connectivity index (χ3n) is 2.89. The molecule has 1 aromatic heterocycles. The molecule has 0 fully saturated rings. The fourth-order valence-electron chi connectivity index (χ4n) is 1.76. The van der Waals surface area contributed by atoms with E-state index >= 15 is 0 Å². The first-order valence-corrected chi connectivity index (χ1v) is 6.48. The zero-order valence-corrected chi connectivity index (χ0v) is 11.1. The van der Waals surface area contributed by atoms with Crippen LogP contribution in [0.5, 0.6) is 0 Å². The molecule has 0 saturated carbocycles. The van der Waals surface area contributed by atoms with E-state index in [1.807, 2.05) is 11.9 Å². The fourth-order valence-corrected chi connectivity index (χ4v) is 1.76. The highest BCUT2D eigenvalue weighted by Crippen LogP contribution is 2.07. The molecular formula is C13H23N3O. The van der Waals surface area contributed by atoms with Crippen molar-refractivity contribution in [2.24, 2.45) is 7.05 Å². The molecule has 0 aliphatic carbocycles. The van der Waals surface area contributed by atoms with E-state index in [2.05, 4.69) is 18.9 Å². The molecule has 1 amide bonds. The summed E-state index contributed by atoms with van der Waals surface area (Å²) >= 11 is 0. The van der Waals surface area contributed by atoms with Crippen molar-refractivity contribution in [2.45, 2.75) is 39.5 Å². The van der Waals surface area contributed by atoms with Gasteiger partial charge in [-0.1, -0.05) is 26.7 Å². The van der Waals surface area contributed by atoms with Crippen molar-refractivity contribution in [3.8, 4) is 0 Å². The Labute approximate surface area is 104 Å². The van der Waals surface area contributed by atoms with Gasteiger partial charge in [0.1, 0.15) is 5.69 Å². The van der Waals surface area contributed by atoms with Gasteiger partial charge >= 0.3 is 0 Å². The van der Waals surface area contributed by atoms with Crippen molar-refractivity contribution in [1.82, 2.24) is 14.7 Å². The number of hydrogen-bond acceptors (Lipinski definition) is 2. The maximum absolute atomic E-state index is 12.3. The molecule has 0 radical (unpaired) electrons. The number of hydrogen-bond donors (Lipinski definition) is 0. The van der Waals surface area contributed by atoms with Gasteiger partial charge in [0.25, 0.3) is 5.91 Å². The number of carbonyl (C=O) groups excluding carboxylic acids is 1. The average Bonchev–Trinajstić information content (AvgIpc) is 2.75. The van der Waals surface area contributed by atoms with E-state index < -0.39 is 0 Å². The van der Waals surface area contributed by atoms with E-state index in [9.17, 15) is 4.79 Å². The minimum Gasteiger partial charge on any atom is -0.337 e. The lowest BCUT2D eigenvalue weighted by Crippen LogP contribution is -2.34. The minimum atomic E-state index is 0.104. The molecule has 4 heteroatoms. The fraction of sp³-hybridized carbons (Fsp3) is 0.692. The van der Waals surface area contributed by atoms with Crippen LogP contribution in [-0.2, 0) is 7.05 Å². The molecule has 0 aliphatic heterocycles. The van der Waals surface area contributed by atoms with Gasteiger partial charge in [-0.3, -0.25) is 9.48 Å². The second-order valence-corrected chi connectivity index (χ2v) is 4.34. The van der Waals surface area contributed by atoms with Gasteiger partial charge in [-0.25, -0.2) is 0 Å². The number of aryl methyl sites for hydroxylation is 1. The standard InChI is InChI=1S/C13H23N3O/c1-4-6-10-16(11-7-5-2)13(17)12-8-9-14-15(12)3/h8-9H,4-7,10-11H2,1-3H3. The van der Waals surface area contributed by atoms with E-state index in [0.29, 0.717) is 5.69 Å². The Balaban J connectivity index is 2.68. The molecule has 0 aromatic carbocycles. The lowest BCUT2D eigenvalue weighted by Gasteiger charge is -2.22. The summed E-state index contributed by atoms with van der Waals surface area (Å²) in [6, 6.07) is 1.78. The van der Waals surface area contributed by atoms with Crippen molar-refractivity contribution in [3.05, 3.63) is 18.0 Å². The summed E-state index contributed by atoms with van der Waals surface area (Å²) in [5.74, 6) is 0.104. The summed E-state index contributed by atoms with van der Waals surface area (Å²) in [7, 11) is 1.81. The Morgan fingerprint density at radius 1 is 1.29 bits per heavy atom. The number of carbonyl (C=O) groups is 1. The second kappa shape index (κ2) is 7.09. The second-order valence-electron chi connectivity index (χ2n) is 4.34. The van der Waals surface area contributed by atoms with Gasteiger partial charge in [0.2, 0.25) is 0 Å². The summed E-state index contributed by atoms with van der Waals surface area (Å²) in [4.78, 5) is 14.3. The summed E-state index contributed by atoms with van der Waals surface area (Å²) < 4.78 is 1.65. The molecule has 4 nitrogen and oxygen atoms in total. The van der Waals surface area contributed by atoms with Crippen LogP contribution < -0.4 is 0 Å². The van der Waals surface area contributed by atoms with Gasteiger partial charge in [0.05, 0.1) is 0 Å². The molecule has 0 N–H and O–H groups in total. The van der Waals surface area contributed by atoms with E-state index in [1.54, 1.807) is 16.9 Å². The predicted molar refractivity (Wildman–Crippen MR) is 68.9 cm³/mol. The van der Waals surface area contributed by atoms with E-state index in [0.717, 1.165) is 38.8 Å². The van der Waals surface area contributed by atoms with E-state index in [-0.39, 0.29) is 5.91 Å². The SMILES string of the molecule is CCCCN(CCCC)C(=O)c1ccnn1C. The van der Waals surface area contributed by atoms with Gasteiger partial charge in [-0.05, 0) is 18.9 Å². The molecule has 0 spiro atoms. The number of nitrogens with zero attached hydrogens (tertiary/aromatic N) is 3. The lowest BCUT2D eigenvalue weighted by molar-refractivity contribution is 0.0740. The maximum atomic E-state index is 12.3. The summed E-state index contributed by atoms with van der Waals surface area (Å²) in [6.07, 6.45) is 6.02. The molecular weight excluding hydrogens is 214 g/mol. The smallest absolute Gasteiger partial charge is 0.272 e. The van der Waals surface area contributed by atoms with E-state index in [1.165, 1.54) is 0 Å². The van der Waals surface area contributed by atoms with Crippen LogP contribution in [0.4, 0.5) is 0 Å². The Bertz CT molecular complexity index is 338. The third kappa shape index (κ3) is 3.88. The van der Waals surface area contributed by atoms with Crippen LogP contribution in [0.25, 0.3) is 0 Å². The molecule has 96 valence electrons. The van der Waals surface area contributed by atoms with Gasteiger partial charge in [0.15, 0.2) is 0 Å². The largest absolute Gasteiger partial charge is 0.337 e. The zero-order valence-electron chi connectivity index (χ0n) is 11.1. The maximum Gasteiger partial charge on any atom is 0.272 e. The van der Waals surface area contributed by atoms with Gasteiger partial charge < -0.3 is 4.90 Å². The van der Waals surface area contributed by atoms with Gasteiger partial charge in [-0.15, -0.1) is 0 Å².